The number of benzene rings is 1. The smallest absolute Gasteiger partial charge is 0.416 e. The Hall–Kier alpha value is -3.43. The lowest BCUT2D eigenvalue weighted by Gasteiger charge is -2.35. The molecule has 2 aliphatic rings. The van der Waals surface area contributed by atoms with Gasteiger partial charge < -0.3 is 15.0 Å². The van der Waals surface area contributed by atoms with E-state index in [1.165, 1.54) is 13.4 Å². The molecule has 232 valence electrons. The van der Waals surface area contributed by atoms with Gasteiger partial charge in [-0.15, -0.1) is 0 Å². The molecule has 0 bridgehead atoms. The van der Waals surface area contributed by atoms with E-state index < -0.39 is 23.4 Å². The lowest BCUT2D eigenvalue weighted by atomic mass is 10.1. The average Bonchev–Trinajstić information content (AvgIpc) is 3.57. The number of hydrogen-bond donors (Lipinski definition) is 1. The fraction of sp³-hybridized carbons (Fsp3) is 0.500. The highest BCUT2D eigenvalue weighted by atomic mass is 32.1. The summed E-state index contributed by atoms with van der Waals surface area (Å²) in [7, 11) is 1.34. The maximum absolute atomic E-state index is 15.7. The Morgan fingerprint density at radius 3 is 2.56 bits per heavy atom. The molecule has 0 radical (unpaired) electrons. The first-order chi connectivity index (χ1) is 20.5. The molecule has 5 rings (SSSR count). The molecule has 1 aromatic carbocycles. The van der Waals surface area contributed by atoms with Gasteiger partial charge in [-0.05, 0) is 44.5 Å². The second-order valence-corrected chi connectivity index (χ2v) is 11.7. The number of esters is 1. The number of nitrogens with zero attached hydrogens (tertiary/aromatic N) is 6. The summed E-state index contributed by atoms with van der Waals surface area (Å²) in [5.41, 5.74) is -0.913. The van der Waals surface area contributed by atoms with Crippen LogP contribution < -0.4 is 10.2 Å². The van der Waals surface area contributed by atoms with Gasteiger partial charge in [-0.1, -0.05) is 11.3 Å². The molecule has 1 unspecified atom stereocenters. The van der Waals surface area contributed by atoms with Crippen LogP contribution in [0.15, 0.2) is 24.5 Å². The Balaban J connectivity index is 1.38. The molecule has 15 heteroatoms. The lowest BCUT2D eigenvalue weighted by Crippen LogP contribution is -2.47. The number of likely N-dealkylation sites (tertiary alicyclic amines) is 1. The summed E-state index contributed by atoms with van der Waals surface area (Å²) in [6.07, 6.45) is -1.24. The molecule has 0 saturated carbocycles. The Bertz CT molecular complexity index is 1450. The van der Waals surface area contributed by atoms with E-state index in [0.717, 1.165) is 42.9 Å². The van der Waals surface area contributed by atoms with Crippen molar-refractivity contribution < 1.29 is 31.5 Å². The van der Waals surface area contributed by atoms with Crippen molar-refractivity contribution in [3.8, 4) is 11.3 Å². The van der Waals surface area contributed by atoms with Crippen LogP contribution in [-0.2, 0) is 22.3 Å². The van der Waals surface area contributed by atoms with E-state index in [-0.39, 0.29) is 46.5 Å². The van der Waals surface area contributed by atoms with Gasteiger partial charge in [-0.25, -0.2) is 19.3 Å². The van der Waals surface area contributed by atoms with Crippen molar-refractivity contribution in [1.82, 2.24) is 24.8 Å². The maximum Gasteiger partial charge on any atom is 0.416 e. The average molecular weight is 626 g/mol. The first kappa shape index (κ1) is 31.0. The molecule has 1 N–H and O–H groups in total. The molecular weight excluding hydrogens is 593 g/mol. The number of piperazine rings is 1. The number of aromatic nitrogens is 3. The van der Waals surface area contributed by atoms with Gasteiger partial charge in [0.25, 0.3) is 0 Å². The first-order valence-corrected chi connectivity index (χ1v) is 14.8. The molecule has 2 saturated heterocycles. The van der Waals surface area contributed by atoms with Gasteiger partial charge in [0.2, 0.25) is 5.82 Å². The zero-order valence-electron chi connectivity index (χ0n) is 23.8. The van der Waals surface area contributed by atoms with E-state index in [1.54, 1.807) is 4.90 Å². The minimum atomic E-state index is -4.73. The number of thiazole rings is 1. The summed E-state index contributed by atoms with van der Waals surface area (Å²) in [6, 6.07) is 2.63. The van der Waals surface area contributed by atoms with Crippen LogP contribution in [0.5, 0.6) is 0 Å². The summed E-state index contributed by atoms with van der Waals surface area (Å²) in [4.78, 5) is 30.8. The van der Waals surface area contributed by atoms with Crippen molar-refractivity contribution in [2.75, 3.05) is 56.6 Å². The molecule has 2 aliphatic heterocycles. The molecule has 0 amide bonds. The van der Waals surface area contributed by atoms with E-state index in [1.807, 2.05) is 0 Å². The van der Waals surface area contributed by atoms with Gasteiger partial charge in [0.15, 0.2) is 16.8 Å². The lowest BCUT2D eigenvalue weighted by molar-refractivity contribution is -0.141. The number of rotatable bonds is 9. The number of alkyl halides is 3. The molecule has 9 nitrogen and oxygen atoms in total. The van der Waals surface area contributed by atoms with Crippen LogP contribution in [-0.4, -0.2) is 83.1 Å². The minimum absolute atomic E-state index is 0.00704. The van der Waals surface area contributed by atoms with Crippen LogP contribution in [0.2, 0.25) is 0 Å². The van der Waals surface area contributed by atoms with E-state index in [0.29, 0.717) is 50.2 Å². The molecule has 0 aliphatic carbocycles. The molecule has 1 atom stereocenters. The van der Waals surface area contributed by atoms with Crippen LogP contribution >= 0.6 is 11.3 Å². The third-order valence-corrected chi connectivity index (χ3v) is 8.72. The van der Waals surface area contributed by atoms with Gasteiger partial charge in [0, 0.05) is 55.8 Å². The highest BCUT2D eigenvalue weighted by molar-refractivity contribution is 7.16. The summed E-state index contributed by atoms with van der Waals surface area (Å²) in [5, 5.41) is 3.10. The topological polar surface area (TPSA) is 86.7 Å². The number of hydrogen-bond acceptors (Lipinski definition) is 10. The van der Waals surface area contributed by atoms with Crippen molar-refractivity contribution >= 4 is 34.1 Å². The maximum atomic E-state index is 15.7. The van der Waals surface area contributed by atoms with Gasteiger partial charge in [0.1, 0.15) is 12.1 Å². The van der Waals surface area contributed by atoms with Crippen LogP contribution in [0.4, 0.5) is 38.7 Å². The highest BCUT2D eigenvalue weighted by Gasteiger charge is 2.32. The third-order valence-electron chi connectivity index (χ3n) is 7.76. The zero-order valence-corrected chi connectivity index (χ0v) is 24.6. The van der Waals surface area contributed by atoms with Crippen molar-refractivity contribution in [1.29, 1.82) is 0 Å². The number of carbonyl (C=O) groups excluding carboxylic acids is 1. The Morgan fingerprint density at radius 1 is 1.12 bits per heavy atom. The van der Waals surface area contributed by atoms with E-state index in [9.17, 15) is 22.4 Å². The van der Waals surface area contributed by atoms with Crippen LogP contribution in [0.25, 0.3) is 11.3 Å². The Labute approximate surface area is 249 Å². The van der Waals surface area contributed by atoms with Crippen LogP contribution in [0, 0.1) is 11.6 Å². The van der Waals surface area contributed by atoms with Gasteiger partial charge in [-0.3, -0.25) is 14.6 Å². The summed E-state index contributed by atoms with van der Waals surface area (Å²) >= 11 is 1.16. The fourth-order valence-electron chi connectivity index (χ4n) is 5.34. The number of anilines is 3. The normalized spacial score (nSPS) is 18.3. The number of methoxy groups -OCH3 is 1. The van der Waals surface area contributed by atoms with Crippen molar-refractivity contribution in [3.05, 3.63) is 46.6 Å². The highest BCUT2D eigenvalue weighted by Crippen LogP contribution is 2.38. The summed E-state index contributed by atoms with van der Waals surface area (Å²) in [5.74, 6) is -2.03. The van der Waals surface area contributed by atoms with E-state index >= 15 is 4.39 Å². The third kappa shape index (κ3) is 7.39. The molecule has 4 heterocycles. The molecule has 2 fully saturated rings. The number of nitrogens with one attached hydrogen (secondary N) is 1. The van der Waals surface area contributed by atoms with Gasteiger partial charge in [0.05, 0.1) is 24.8 Å². The molecule has 3 aromatic rings. The molecule has 43 heavy (non-hydrogen) atoms. The standard InChI is InChI=1S/C28H32F5N7O2S/c1-17-4-3-6-40(17)15-21-24(18-12-19(28(31,32)33)14-20(29)13-18)36-27(43-21)37-25-23(30)26(35-16-34-25)39-10-8-38(9-11-39)7-5-22(41)42-2/h12-14,16-17H,3-11,15H2,1-2H3,(H,34,35,36,37). The zero-order chi connectivity index (χ0) is 30.7. The number of halogens is 5. The van der Waals surface area contributed by atoms with Crippen molar-refractivity contribution in [2.45, 2.75) is 44.9 Å². The fourth-order valence-corrected chi connectivity index (χ4v) is 6.35. The second kappa shape index (κ2) is 13.1. The van der Waals surface area contributed by atoms with Crippen molar-refractivity contribution in [2.24, 2.45) is 0 Å². The van der Waals surface area contributed by atoms with Gasteiger partial charge in [-0.2, -0.15) is 17.6 Å². The minimum Gasteiger partial charge on any atom is -0.469 e. The van der Waals surface area contributed by atoms with E-state index in [4.69, 9.17) is 0 Å². The summed E-state index contributed by atoms with van der Waals surface area (Å²) < 4.78 is 75.2. The van der Waals surface area contributed by atoms with Crippen LogP contribution in [0.3, 0.4) is 0 Å². The first-order valence-electron chi connectivity index (χ1n) is 14.0. The predicted octanol–water partition coefficient (Wildman–Crippen LogP) is 5.31. The largest absolute Gasteiger partial charge is 0.469 e. The van der Waals surface area contributed by atoms with Crippen molar-refractivity contribution in [3.63, 3.8) is 0 Å². The molecule has 2 aromatic heterocycles. The molecule has 0 spiro atoms. The monoisotopic (exact) mass is 625 g/mol. The Morgan fingerprint density at radius 2 is 1.88 bits per heavy atom. The number of carbonyl (C=O) groups is 1. The summed E-state index contributed by atoms with van der Waals surface area (Å²) in [6.45, 7) is 6.01. The molecular formula is C28H32F5N7O2S. The quantitative estimate of drug-likeness (QED) is 0.251. The SMILES string of the molecule is COC(=O)CCN1CCN(c2ncnc(Nc3nc(-c4cc(F)cc(C(F)(F)F)c4)c(CN4CCCC4C)s3)c2F)CC1. The van der Waals surface area contributed by atoms with E-state index in [2.05, 4.69) is 41.7 Å². The predicted molar refractivity (Wildman–Crippen MR) is 152 cm³/mol. The Kier molecular flexibility index (Phi) is 9.42. The van der Waals surface area contributed by atoms with Gasteiger partial charge >= 0.3 is 12.1 Å². The number of ether oxygens (including phenoxy) is 1. The van der Waals surface area contributed by atoms with Crippen LogP contribution in [0.1, 0.15) is 36.6 Å². The second-order valence-electron chi connectivity index (χ2n) is 10.6.